The average molecular weight is 613 g/mol. The highest BCUT2D eigenvalue weighted by atomic mass is 28.4. The van der Waals surface area contributed by atoms with Crippen LogP contribution in [0.5, 0.6) is 0 Å². The number of esters is 3. The lowest BCUT2D eigenvalue weighted by Gasteiger charge is -2.43. The Kier molecular flexibility index (Phi) is 13.8. The van der Waals surface area contributed by atoms with Gasteiger partial charge in [-0.1, -0.05) is 46.8 Å². The van der Waals surface area contributed by atoms with Crippen molar-refractivity contribution < 1.29 is 47.3 Å². The second kappa shape index (κ2) is 15.4. The molecule has 0 amide bonds. The summed E-state index contributed by atoms with van der Waals surface area (Å²) in [5.41, 5.74) is -0.920. The lowest BCUT2D eigenvalue weighted by atomic mass is 9.79. The third kappa shape index (κ3) is 10.4. The molecule has 42 heavy (non-hydrogen) atoms. The third-order valence-corrected chi connectivity index (χ3v) is 12.7. The summed E-state index contributed by atoms with van der Waals surface area (Å²) >= 11 is 0. The average Bonchev–Trinajstić information content (AvgIpc) is 3.54. The van der Waals surface area contributed by atoms with E-state index < -0.39 is 68.3 Å². The normalized spacial score (nSPS) is 22.4. The molecule has 0 bridgehead atoms. The van der Waals surface area contributed by atoms with Gasteiger partial charge in [0, 0.05) is 39.5 Å². The molecule has 240 valence electrons. The van der Waals surface area contributed by atoms with E-state index in [1.165, 1.54) is 20.8 Å². The molecular formula is C31H52O10Si. The van der Waals surface area contributed by atoms with Crippen LogP contribution in [-0.4, -0.2) is 74.9 Å². The molecule has 1 fully saturated rings. The minimum absolute atomic E-state index is 0.00260. The van der Waals surface area contributed by atoms with E-state index in [1.54, 1.807) is 6.92 Å². The number of epoxide rings is 1. The Morgan fingerprint density at radius 2 is 1.48 bits per heavy atom. The summed E-state index contributed by atoms with van der Waals surface area (Å²) in [6, 6.07) is 0. The van der Waals surface area contributed by atoms with Crippen molar-refractivity contribution in [1.82, 2.24) is 0 Å². The van der Waals surface area contributed by atoms with Crippen LogP contribution in [0.3, 0.4) is 0 Å². The van der Waals surface area contributed by atoms with Crippen molar-refractivity contribution in [1.29, 1.82) is 0 Å². The van der Waals surface area contributed by atoms with Crippen LogP contribution >= 0.6 is 0 Å². The van der Waals surface area contributed by atoms with Crippen LogP contribution in [0, 0.1) is 17.8 Å². The molecule has 0 aromatic heterocycles. The van der Waals surface area contributed by atoms with Crippen molar-refractivity contribution in [3.63, 3.8) is 0 Å². The first-order valence-corrected chi connectivity index (χ1v) is 17.6. The van der Waals surface area contributed by atoms with Crippen LogP contribution in [0.2, 0.25) is 18.1 Å². The lowest BCUT2D eigenvalue weighted by Crippen LogP contribution is -2.55. The predicted octanol–water partition coefficient (Wildman–Crippen LogP) is 4.98. The number of ketones is 2. The van der Waals surface area contributed by atoms with Crippen LogP contribution in [0.4, 0.5) is 0 Å². The Labute approximate surface area is 252 Å². The molecule has 0 spiro atoms. The molecule has 1 unspecified atom stereocenters. The summed E-state index contributed by atoms with van der Waals surface area (Å²) in [6.07, 6.45) is 1.53. The Bertz CT molecular complexity index is 1010. The van der Waals surface area contributed by atoms with Crippen LogP contribution in [0.15, 0.2) is 12.2 Å². The zero-order valence-corrected chi connectivity index (χ0v) is 28.5. The van der Waals surface area contributed by atoms with Gasteiger partial charge in [0.15, 0.2) is 14.1 Å². The fraction of sp³-hybridized carbons (Fsp3) is 0.774. The van der Waals surface area contributed by atoms with Crippen molar-refractivity contribution in [2.45, 2.75) is 124 Å². The molecule has 0 aromatic carbocycles. The van der Waals surface area contributed by atoms with Crippen molar-refractivity contribution in [3.05, 3.63) is 12.2 Å². The van der Waals surface area contributed by atoms with Gasteiger partial charge in [-0.25, -0.2) is 0 Å². The number of rotatable bonds is 17. The highest BCUT2D eigenvalue weighted by Crippen LogP contribution is 2.51. The fourth-order valence-corrected chi connectivity index (χ4v) is 6.21. The van der Waals surface area contributed by atoms with E-state index >= 15 is 0 Å². The number of carbonyl (C=O) groups excluding carboxylic acids is 5. The van der Waals surface area contributed by atoms with E-state index in [2.05, 4.69) is 33.9 Å². The molecule has 11 heteroatoms. The van der Waals surface area contributed by atoms with Gasteiger partial charge in [0.1, 0.15) is 30.7 Å². The number of hydrogen-bond acceptors (Lipinski definition) is 10. The highest BCUT2D eigenvalue weighted by Gasteiger charge is 2.64. The molecule has 0 aromatic rings. The standard InChI is InChI=1S/C31H52O10Si/c1-13-15-19(3)28-31(10,40-28)29(41-42(11,12)30(7,8)9)25(18-38-21(5)33)27(36)24(17-37-20(4)32)26(39-22(6)34)16-23(35)14-2/h13,15,19,24-26,28-29H,14,16-18H2,1-12H3/t19-,24+,25-,26+,28+,29-,31?/m0/s1. The second-order valence-corrected chi connectivity index (χ2v) is 17.6. The molecule has 1 rings (SSSR count). The van der Waals surface area contributed by atoms with Gasteiger partial charge >= 0.3 is 17.9 Å². The minimum atomic E-state index is -2.56. The summed E-state index contributed by atoms with van der Waals surface area (Å²) in [6.45, 7) is 20.7. The van der Waals surface area contributed by atoms with Crippen LogP contribution in [-0.2, 0) is 47.3 Å². The minimum Gasteiger partial charge on any atom is -0.465 e. The zero-order valence-electron chi connectivity index (χ0n) is 27.5. The first kappa shape index (κ1) is 37.7. The quantitative estimate of drug-likeness (QED) is 0.0728. The van der Waals surface area contributed by atoms with Crippen molar-refractivity contribution in [2.75, 3.05) is 13.2 Å². The number of Topliss-reactive ketones (excluding diaryl/α,β-unsaturated/α-hetero) is 2. The Morgan fingerprint density at radius 1 is 0.952 bits per heavy atom. The number of allylic oxidation sites excluding steroid dienone is 1. The molecule has 0 saturated carbocycles. The molecule has 0 radical (unpaired) electrons. The highest BCUT2D eigenvalue weighted by molar-refractivity contribution is 6.74. The fourth-order valence-electron chi connectivity index (χ4n) is 4.82. The molecule has 1 aliphatic heterocycles. The first-order valence-electron chi connectivity index (χ1n) is 14.7. The Balaban J connectivity index is 3.80. The number of carbonyl (C=O) groups is 5. The number of hydrogen-bond donors (Lipinski definition) is 0. The van der Waals surface area contributed by atoms with Gasteiger partial charge in [-0.05, 0) is 32.0 Å². The zero-order chi connectivity index (χ0) is 32.6. The molecule has 0 N–H and O–H groups in total. The van der Waals surface area contributed by atoms with E-state index in [-0.39, 0.29) is 42.3 Å². The van der Waals surface area contributed by atoms with Crippen LogP contribution < -0.4 is 0 Å². The molecule has 1 heterocycles. The van der Waals surface area contributed by atoms with Crippen LogP contribution in [0.25, 0.3) is 0 Å². The van der Waals surface area contributed by atoms with Gasteiger partial charge in [-0.3, -0.25) is 24.0 Å². The Morgan fingerprint density at radius 3 is 1.90 bits per heavy atom. The SMILES string of the molecule is CC=C[C@H](C)[C@H]1OC1(C)[C@@H](O[Si](C)(C)C(C)(C)C)[C@@H](COC(C)=O)C(=O)[C@H](COC(C)=O)[C@@H](CC(=O)CC)OC(C)=O. The van der Waals surface area contributed by atoms with E-state index in [9.17, 15) is 24.0 Å². The predicted molar refractivity (Wildman–Crippen MR) is 160 cm³/mol. The molecule has 0 aliphatic carbocycles. The van der Waals surface area contributed by atoms with Gasteiger partial charge in [0.25, 0.3) is 0 Å². The smallest absolute Gasteiger partial charge is 0.302 e. The van der Waals surface area contributed by atoms with Crippen LogP contribution in [0.1, 0.15) is 82.1 Å². The van der Waals surface area contributed by atoms with Gasteiger partial charge < -0.3 is 23.4 Å². The summed E-state index contributed by atoms with van der Waals surface area (Å²) < 4.78 is 29.4. The van der Waals surface area contributed by atoms with E-state index in [0.717, 1.165) is 0 Å². The monoisotopic (exact) mass is 612 g/mol. The topological polar surface area (TPSA) is 135 Å². The maximum Gasteiger partial charge on any atom is 0.302 e. The molecule has 7 atom stereocenters. The van der Waals surface area contributed by atoms with E-state index in [0.29, 0.717) is 0 Å². The van der Waals surface area contributed by atoms with E-state index in [1.807, 2.05) is 32.9 Å². The van der Waals surface area contributed by atoms with Gasteiger partial charge in [0.05, 0.1) is 24.0 Å². The third-order valence-electron chi connectivity index (χ3n) is 8.27. The van der Waals surface area contributed by atoms with Crippen molar-refractivity contribution in [2.24, 2.45) is 17.8 Å². The number of ether oxygens (including phenoxy) is 4. The molecular weight excluding hydrogens is 560 g/mol. The van der Waals surface area contributed by atoms with Gasteiger partial charge in [-0.15, -0.1) is 0 Å². The van der Waals surface area contributed by atoms with E-state index in [4.69, 9.17) is 23.4 Å². The lowest BCUT2D eigenvalue weighted by molar-refractivity contribution is -0.160. The summed E-state index contributed by atoms with van der Waals surface area (Å²) in [5, 5.41) is -0.235. The maximum atomic E-state index is 14.6. The first-order chi connectivity index (χ1) is 19.2. The molecule has 1 aliphatic rings. The molecule has 10 nitrogen and oxygen atoms in total. The largest absolute Gasteiger partial charge is 0.465 e. The van der Waals surface area contributed by atoms with Gasteiger partial charge in [-0.2, -0.15) is 0 Å². The van der Waals surface area contributed by atoms with Crippen molar-refractivity contribution >= 4 is 37.8 Å². The summed E-state index contributed by atoms with van der Waals surface area (Å²) in [7, 11) is -2.56. The van der Waals surface area contributed by atoms with Crippen molar-refractivity contribution in [3.8, 4) is 0 Å². The van der Waals surface area contributed by atoms with Gasteiger partial charge in [0.2, 0.25) is 0 Å². The second-order valence-electron chi connectivity index (χ2n) is 12.9. The Hall–Kier alpha value is -2.37. The summed E-state index contributed by atoms with van der Waals surface area (Å²) in [4.78, 5) is 63.0. The maximum absolute atomic E-state index is 14.6. The summed E-state index contributed by atoms with van der Waals surface area (Å²) in [5.74, 6) is -4.95. The molecule has 1 saturated heterocycles.